The molecule has 162 valence electrons. The monoisotopic (exact) mass is 437 g/mol. The van der Waals surface area contributed by atoms with Crippen LogP contribution in [-0.2, 0) is 11.3 Å². The molecule has 5 rings (SSSR count). The highest BCUT2D eigenvalue weighted by Crippen LogP contribution is 2.24. The Labute approximate surface area is 187 Å². The van der Waals surface area contributed by atoms with E-state index in [1.165, 1.54) is 0 Å². The van der Waals surface area contributed by atoms with Gasteiger partial charge < -0.3 is 14.8 Å². The van der Waals surface area contributed by atoms with Gasteiger partial charge in [-0.25, -0.2) is 4.98 Å². The fourth-order valence-electron chi connectivity index (χ4n) is 4.75. The Morgan fingerprint density at radius 3 is 2.52 bits per heavy atom. The first-order valence-corrected chi connectivity index (χ1v) is 11.5. The minimum Gasteiger partial charge on any atom is -0.368 e. The van der Waals surface area contributed by atoms with Gasteiger partial charge in [-0.05, 0) is 56.3 Å². The van der Waals surface area contributed by atoms with Gasteiger partial charge in [0, 0.05) is 42.8 Å². The van der Waals surface area contributed by atoms with Crippen LogP contribution in [0.5, 0.6) is 0 Å². The lowest BCUT2D eigenvalue weighted by Crippen LogP contribution is -2.51. The molecule has 1 amide bonds. The highest BCUT2D eigenvalue weighted by molar-refractivity contribution is 6.30. The first kappa shape index (κ1) is 20.3. The molecule has 0 unspecified atom stereocenters. The van der Waals surface area contributed by atoms with E-state index >= 15 is 0 Å². The topological polar surface area (TPSA) is 55.5 Å². The summed E-state index contributed by atoms with van der Waals surface area (Å²) in [5, 5.41) is 0.755. The zero-order valence-corrected chi connectivity index (χ0v) is 18.4. The fraction of sp³-hybridized carbons (Fsp3) is 0.417. The van der Waals surface area contributed by atoms with E-state index in [0.29, 0.717) is 5.91 Å². The number of fused-ring (bicyclic) bond motifs is 1. The van der Waals surface area contributed by atoms with Crippen LogP contribution in [0.2, 0.25) is 5.02 Å². The highest BCUT2D eigenvalue weighted by Gasteiger charge is 2.30. The number of piperazine rings is 1. The van der Waals surface area contributed by atoms with Gasteiger partial charge >= 0.3 is 0 Å². The molecule has 2 aliphatic rings. The van der Waals surface area contributed by atoms with Crippen molar-refractivity contribution < 1.29 is 4.79 Å². The summed E-state index contributed by atoms with van der Waals surface area (Å²) in [5.41, 5.74) is 3.23. The molecule has 1 N–H and O–H groups in total. The summed E-state index contributed by atoms with van der Waals surface area (Å²) in [4.78, 5) is 27.9. The van der Waals surface area contributed by atoms with Crippen molar-refractivity contribution in [2.75, 3.05) is 44.2 Å². The van der Waals surface area contributed by atoms with Crippen LogP contribution in [0.25, 0.3) is 11.0 Å². The molecule has 3 aromatic rings. The molecule has 2 fully saturated rings. The SMILES string of the molecule is O=C(C1CCN(Cc2nc3ccccc3[nH]2)CC1)N1CCN(c2cccc(Cl)c2)CC1. The van der Waals surface area contributed by atoms with Crippen molar-refractivity contribution in [3.05, 3.63) is 59.4 Å². The standard InChI is InChI=1S/C24H28ClN5O/c25-19-4-3-5-20(16-19)29-12-14-30(15-13-29)24(31)18-8-10-28(11-9-18)17-23-26-21-6-1-2-7-22(21)27-23/h1-7,16,18H,8-15,17H2,(H,26,27). The molecule has 0 bridgehead atoms. The number of halogens is 1. The van der Waals surface area contributed by atoms with Gasteiger partial charge in [0.1, 0.15) is 5.82 Å². The summed E-state index contributed by atoms with van der Waals surface area (Å²) >= 11 is 6.13. The van der Waals surface area contributed by atoms with Gasteiger partial charge in [-0.1, -0.05) is 29.8 Å². The molecule has 0 spiro atoms. The third-order valence-electron chi connectivity index (χ3n) is 6.51. The van der Waals surface area contributed by atoms with Gasteiger partial charge in [0.2, 0.25) is 5.91 Å². The van der Waals surface area contributed by atoms with E-state index in [-0.39, 0.29) is 5.92 Å². The van der Waals surface area contributed by atoms with E-state index in [9.17, 15) is 4.79 Å². The Morgan fingerprint density at radius 2 is 1.77 bits per heavy atom. The number of nitrogens with zero attached hydrogens (tertiary/aromatic N) is 4. The molecular weight excluding hydrogens is 410 g/mol. The number of aromatic amines is 1. The van der Waals surface area contributed by atoms with Crippen molar-refractivity contribution in [3.8, 4) is 0 Å². The second-order valence-corrected chi connectivity index (χ2v) is 8.98. The van der Waals surface area contributed by atoms with Crippen molar-refractivity contribution in [3.63, 3.8) is 0 Å². The summed E-state index contributed by atoms with van der Waals surface area (Å²) in [6.45, 7) is 5.98. The minimum atomic E-state index is 0.143. The van der Waals surface area contributed by atoms with Gasteiger partial charge in [-0.15, -0.1) is 0 Å². The first-order chi connectivity index (χ1) is 15.2. The molecule has 0 radical (unpaired) electrons. The van der Waals surface area contributed by atoms with Crippen molar-refractivity contribution in [2.45, 2.75) is 19.4 Å². The van der Waals surface area contributed by atoms with Crippen LogP contribution in [0.15, 0.2) is 48.5 Å². The van der Waals surface area contributed by atoms with Gasteiger partial charge in [0.15, 0.2) is 0 Å². The Morgan fingerprint density at radius 1 is 1.00 bits per heavy atom. The van der Waals surface area contributed by atoms with Crippen molar-refractivity contribution >= 4 is 34.2 Å². The maximum atomic E-state index is 13.1. The minimum absolute atomic E-state index is 0.143. The summed E-state index contributed by atoms with van der Waals surface area (Å²) in [6, 6.07) is 16.1. The maximum Gasteiger partial charge on any atom is 0.225 e. The van der Waals surface area contributed by atoms with Gasteiger partial charge in [-0.2, -0.15) is 0 Å². The third-order valence-corrected chi connectivity index (χ3v) is 6.75. The molecule has 6 nitrogen and oxygen atoms in total. The van der Waals surface area contributed by atoms with Crippen molar-refractivity contribution in [1.29, 1.82) is 0 Å². The molecule has 2 saturated heterocycles. The van der Waals surface area contributed by atoms with Crippen LogP contribution >= 0.6 is 11.6 Å². The Balaban J connectivity index is 1.11. The summed E-state index contributed by atoms with van der Waals surface area (Å²) in [6.07, 6.45) is 1.85. The molecule has 0 atom stereocenters. The molecule has 2 aliphatic heterocycles. The largest absolute Gasteiger partial charge is 0.368 e. The number of carbonyl (C=O) groups excluding carboxylic acids is 1. The number of carbonyl (C=O) groups is 1. The van der Waals surface area contributed by atoms with Crippen LogP contribution in [-0.4, -0.2) is 64.9 Å². The quantitative estimate of drug-likeness (QED) is 0.675. The first-order valence-electron chi connectivity index (χ1n) is 11.1. The molecule has 3 heterocycles. The predicted octanol–water partition coefficient (Wildman–Crippen LogP) is 3.78. The zero-order valence-electron chi connectivity index (χ0n) is 17.6. The Kier molecular flexibility index (Phi) is 5.83. The van der Waals surface area contributed by atoms with E-state index in [0.717, 1.165) is 86.2 Å². The number of para-hydroxylation sites is 2. The van der Waals surface area contributed by atoms with Crippen molar-refractivity contribution in [1.82, 2.24) is 19.8 Å². The number of piperidine rings is 1. The van der Waals surface area contributed by atoms with E-state index in [1.807, 2.05) is 36.4 Å². The third kappa shape index (κ3) is 4.55. The molecule has 7 heteroatoms. The average molecular weight is 438 g/mol. The van der Waals surface area contributed by atoms with E-state index in [4.69, 9.17) is 11.6 Å². The van der Waals surface area contributed by atoms with Crippen LogP contribution in [0.4, 0.5) is 5.69 Å². The van der Waals surface area contributed by atoms with E-state index < -0.39 is 0 Å². The number of rotatable bonds is 4. The lowest BCUT2D eigenvalue weighted by atomic mass is 9.95. The number of aromatic nitrogens is 2. The highest BCUT2D eigenvalue weighted by atomic mass is 35.5. The van der Waals surface area contributed by atoms with Gasteiger partial charge in [0.05, 0.1) is 17.6 Å². The number of amides is 1. The number of likely N-dealkylation sites (tertiary alicyclic amines) is 1. The van der Waals surface area contributed by atoms with Crippen LogP contribution in [0.3, 0.4) is 0 Å². The van der Waals surface area contributed by atoms with Gasteiger partial charge in [-0.3, -0.25) is 9.69 Å². The van der Waals surface area contributed by atoms with Crippen LogP contribution < -0.4 is 4.90 Å². The number of hydrogen-bond acceptors (Lipinski definition) is 4. The maximum absolute atomic E-state index is 13.1. The summed E-state index contributed by atoms with van der Waals surface area (Å²) in [7, 11) is 0. The summed E-state index contributed by atoms with van der Waals surface area (Å²) in [5.74, 6) is 1.47. The van der Waals surface area contributed by atoms with E-state index in [1.54, 1.807) is 0 Å². The van der Waals surface area contributed by atoms with Crippen LogP contribution in [0, 0.1) is 5.92 Å². The second-order valence-electron chi connectivity index (χ2n) is 8.54. The molecule has 0 aliphatic carbocycles. The number of anilines is 1. The molecule has 31 heavy (non-hydrogen) atoms. The Hall–Kier alpha value is -2.57. The number of hydrogen-bond donors (Lipinski definition) is 1. The van der Waals surface area contributed by atoms with E-state index in [2.05, 4.69) is 36.8 Å². The fourth-order valence-corrected chi connectivity index (χ4v) is 4.93. The molecule has 2 aromatic carbocycles. The summed E-state index contributed by atoms with van der Waals surface area (Å²) < 4.78 is 0. The number of nitrogens with one attached hydrogen (secondary N) is 1. The second kappa shape index (κ2) is 8.89. The number of imidazole rings is 1. The lowest BCUT2D eigenvalue weighted by molar-refractivity contribution is -0.137. The normalized spacial score (nSPS) is 18.6. The molecular formula is C24H28ClN5O. The average Bonchev–Trinajstić information content (AvgIpc) is 3.21. The smallest absolute Gasteiger partial charge is 0.225 e. The predicted molar refractivity (Wildman–Crippen MR) is 124 cm³/mol. The van der Waals surface area contributed by atoms with Crippen LogP contribution in [0.1, 0.15) is 18.7 Å². The van der Waals surface area contributed by atoms with Crippen molar-refractivity contribution in [2.24, 2.45) is 5.92 Å². The number of H-pyrrole nitrogens is 1. The molecule has 1 aromatic heterocycles. The Bertz CT molecular complexity index is 1020. The lowest BCUT2D eigenvalue weighted by Gasteiger charge is -2.39. The number of benzene rings is 2. The molecule has 0 saturated carbocycles. The zero-order chi connectivity index (χ0) is 21.2. The van der Waals surface area contributed by atoms with Gasteiger partial charge in [0.25, 0.3) is 0 Å².